The van der Waals surface area contributed by atoms with E-state index in [9.17, 15) is 14.7 Å². The summed E-state index contributed by atoms with van der Waals surface area (Å²) in [6.07, 6.45) is -1.07. The molecule has 26 heavy (non-hydrogen) atoms. The smallest absolute Gasteiger partial charge is 0.339 e. The lowest BCUT2D eigenvalue weighted by Gasteiger charge is -2.15. The van der Waals surface area contributed by atoms with Gasteiger partial charge in [0.05, 0.1) is 17.2 Å². The molecule has 0 radical (unpaired) electrons. The minimum absolute atomic E-state index is 0.0543. The van der Waals surface area contributed by atoms with Crippen LogP contribution in [0.5, 0.6) is 11.5 Å². The van der Waals surface area contributed by atoms with Crippen LogP contribution in [-0.2, 0) is 9.53 Å². The molecule has 0 fully saturated rings. The van der Waals surface area contributed by atoms with E-state index in [0.717, 1.165) is 0 Å². The molecule has 0 saturated heterocycles. The number of rotatable bonds is 6. The van der Waals surface area contributed by atoms with Crippen molar-refractivity contribution in [2.75, 3.05) is 11.9 Å². The molecule has 0 spiro atoms. The van der Waals surface area contributed by atoms with E-state index in [-0.39, 0.29) is 28.7 Å². The molecule has 8 heteroatoms. The first-order valence-corrected chi connectivity index (χ1v) is 8.50. The molecule has 2 N–H and O–H groups in total. The van der Waals surface area contributed by atoms with Gasteiger partial charge in [-0.2, -0.15) is 0 Å². The maximum Gasteiger partial charge on any atom is 0.339 e. The molecule has 0 heterocycles. The Kier molecular flexibility index (Phi) is 6.71. The van der Waals surface area contributed by atoms with Crippen molar-refractivity contribution in [3.8, 4) is 11.5 Å². The van der Waals surface area contributed by atoms with Gasteiger partial charge in [-0.3, -0.25) is 4.79 Å². The van der Waals surface area contributed by atoms with Crippen molar-refractivity contribution in [2.24, 2.45) is 0 Å². The molecule has 0 aliphatic rings. The molecule has 2 aromatic rings. The molecule has 1 atom stereocenters. The minimum Gasteiger partial charge on any atom is -0.503 e. The number of benzene rings is 2. The van der Waals surface area contributed by atoms with Crippen LogP contribution in [0.1, 0.15) is 24.2 Å². The number of phenols is 1. The molecular weight excluding hydrogens is 381 g/mol. The summed E-state index contributed by atoms with van der Waals surface area (Å²) >= 11 is 11.7. The van der Waals surface area contributed by atoms with Crippen LogP contribution in [0.4, 0.5) is 5.69 Å². The van der Waals surface area contributed by atoms with Crippen LogP contribution in [0.3, 0.4) is 0 Å². The van der Waals surface area contributed by atoms with Gasteiger partial charge in [0.25, 0.3) is 5.91 Å². The lowest BCUT2D eigenvalue weighted by Crippen LogP contribution is -2.30. The predicted octanol–water partition coefficient (Wildman–Crippen LogP) is 4.28. The molecule has 0 saturated carbocycles. The molecule has 0 bridgehead atoms. The van der Waals surface area contributed by atoms with Crippen LogP contribution in [0, 0.1) is 0 Å². The molecule has 0 aromatic heterocycles. The second-order valence-corrected chi connectivity index (χ2v) is 6.13. The fourth-order valence-corrected chi connectivity index (χ4v) is 2.45. The zero-order valence-electron chi connectivity index (χ0n) is 14.1. The Morgan fingerprint density at radius 3 is 2.62 bits per heavy atom. The Morgan fingerprint density at radius 1 is 1.23 bits per heavy atom. The van der Waals surface area contributed by atoms with Crippen molar-refractivity contribution < 1.29 is 24.2 Å². The second-order valence-electron chi connectivity index (χ2n) is 5.28. The van der Waals surface area contributed by atoms with Gasteiger partial charge >= 0.3 is 5.97 Å². The number of hydrogen-bond donors (Lipinski definition) is 2. The van der Waals surface area contributed by atoms with Crippen molar-refractivity contribution in [1.82, 2.24) is 0 Å². The number of hydrogen-bond acceptors (Lipinski definition) is 5. The molecule has 138 valence electrons. The molecule has 1 amide bonds. The number of aromatic hydroxyl groups is 1. The predicted molar refractivity (Wildman–Crippen MR) is 99.2 cm³/mol. The van der Waals surface area contributed by atoms with E-state index in [1.807, 2.05) is 0 Å². The number of nitrogens with one attached hydrogen (secondary N) is 1. The van der Waals surface area contributed by atoms with Crippen LogP contribution in [0.15, 0.2) is 36.4 Å². The monoisotopic (exact) mass is 397 g/mol. The normalized spacial score (nSPS) is 11.5. The van der Waals surface area contributed by atoms with E-state index in [0.29, 0.717) is 10.7 Å². The number of esters is 1. The number of carbonyl (C=O) groups is 2. The number of phenolic OH excluding ortho intramolecular Hbond substituents is 1. The molecule has 2 rings (SSSR count). The van der Waals surface area contributed by atoms with Crippen molar-refractivity contribution in [3.05, 3.63) is 52.0 Å². The summed E-state index contributed by atoms with van der Waals surface area (Å²) in [5, 5.41) is 12.8. The van der Waals surface area contributed by atoms with Gasteiger partial charge in [-0.15, -0.1) is 0 Å². The second kappa shape index (κ2) is 8.78. The highest BCUT2D eigenvalue weighted by molar-refractivity contribution is 6.32. The summed E-state index contributed by atoms with van der Waals surface area (Å²) in [6, 6.07) is 9.13. The number of halogens is 2. The quantitative estimate of drug-likeness (QED) is 0.710. The zero-order valence-corrected chi connectivity index (χ0v) is 15.6. The van der Waals surface area contributed by atoms with Crippen molar-refractivity contribution in [3.63, 3.8) is 0 Å². The summed E-state index contributed by atoms with van der Waals surface area (Å²) in [5.74, 6) is -1.50. The molecule has 6 nitrogen and oxygen atoms in total. The highest BCUT2D eigenvalue weighted by atomic mass is 35.5. The fourth-order valence-electron chi connectivity index (χ4n) is 2.05. The molecule has 0 aliphatic carbocycles. The lowest BCUT2D eigenvalue weighted by molar-refractivity contribution is -0.123. The van der Waals surface area contributed by atoms with Crippen molar-refractivity contribution >= 4 is 40.8 Å². The average Bonchev–Trinajstić information content (AvgIpc) is 2.58. The minimum atomic E-state index is -1.07. The highest BCUT2D eigenvalue weighted by Gasteiger charge is 2.21. The van der Waals surface area contributed by atoms with Gasteiger partial charge in [0, 0.05) is 10.7 Å². The summed E-state index contributed by atoms with van der Waals surface area (Å²) in [6.45, 7) is 3.44. The number of anilines is 1. The Bertz CT molecular complexity index is 825. The molecule has 2 aromatic carbocycles. The van der Waals surface area contributed by atoms with Crippen molar-refractivity contribution in [1.29, 1.82) is 0 Å². The Morgan fingerprint density at radius 2 is 1.96 bits per heavy atom. The first kappa shape index (κ1) is 19.9. The topological polar surface area (TPSA) is 84.9 Å². The van der Waals surface area contributed by atoms with Crippen LogP contribution in [-0.4, -0.2) is 29.7 Å². The van der Waals surface area contributed by atoms with E-state index >= 15 is 0 Å². The zero-order chi connectivity index (χ0) is 19.3. The van der Waals surface area contributed by atoms with E-state index in [2.05, 4.69) is 5.32 Å². The van der Waals surface area contributed by atoms with Crippen LogP contribution >= 0.6 is 23.2 Å². The first-order valence-electron chi connectivity index (χ1n) is 7.74. The van der Waals surface area contributed by atoms with Gasteiger partial charge in [0.1, 0.15) is 0 Å². The van der Waals surface area contributed by atoms with Gasteiger partial charge in [0.15, 0.2) is 17.6 Å². The summed E-state index contributed by atoms with van der Waals surface area (Å²) in [4.78, 5) is 24.4. The van der Waals surface area contributed by atoms with Crippen LogP contribution in [0.25, 0.3) is 0 Å². The Hall–Kier alpha value is -2.44. The third-order valence-electron chi connectivity index (χ3n) is 3.31. The van der Waals surface area contributed by atoms with E-state index in [1.54, 1.807) is 31.2 Å². The lowest BCUT2D eigenvalue weighted by atomic mass is 10.2. The SMILES string of the molecule is CCOc1cc(C(=O)O[C@H](C)C(=O)Nc2cccc(Cl)c2)cc(Cl)c1O. The Labute approximate surface area is 160 Å². The fraction of sp³-hybridized carbons (Fsp3) is 0.222. The Balaban J connectivity index is 2.07. The molecular formula is C18H17Cl2NO5. The van der Waals surface area contributed by atoms with Gasteiger partial charge in [-0.25, -0.2) is 4.79 Å². The van der Waals surface area contributed by atoms with Gasteiger partial charge in [-0.05, 0) is 44.2 Å². The summed E-state index contributed by atoms with van der Waals surface area (Å²) < 4.78 is 10.4. The largest absolute Gasteiger partial charge is 0.503 e. The summed E-state index contributed by atoms with van der Waals surface area (Å²) in [5.41, 5.74) is 0.537. The van der Waals surface area contributed by atoms with Crippen molar-refractivity contribution in [2.45, 2.75) is 20.0 Å². The number of amides is 1. The highest BCUT2D eigenvalue weighted by Crippen LogP contribution is 2.35. The van der Waals surface area contributed by atoms with E-state index in [1.165, 1.54) is 19.1 Å². The third-order valence-corrected chi connectivity index (χ3v) is 3.83. The molecule has 0 aliphatic heterocycles. The first-order chi connectivity index (χ1) is 12.3. The maximum absolute atomic E-state index is 12.3. The van der Waals surface area contributed by atoms with E-state index in [4.69, 9.17) is 32.7 Å². The van der Waals surface area contributed by atoms with Gasteiger partial charge in [0.2, 0.25) is 0 Å². The molecule has 0 unspecified atom stereocenters. The van der Waals surface area contributed by atoms with Crippen LogP contribution < -0.4 is 10.1 Å². The standard InChI is InChI=1S/C18H17Cl2NO5/c1-3-25-15-8-11(7-14(20)16(15)22)18(24)26-10(2)17(23)21-13-6-4-5-12(19)9-13/h4-10,22H,3H2,1-2H3,(H,21,23)/t10-/m1/s1. The summed E-state index contributed by atoms with van der Waals surface area (Å²) in [7, 11) is 0. The van der Waals surface area contributed by atoms with E-state index < -0.39 is 18.0 Å². The van der Waals surface area contributed by atoms with Gasteiger partial charge in [-0.1, -0.05) is 29.3 Å². The maximum atomic E-state index is 12.3. The average molecular weight is 398 g/mol. The number of ether oxygens (including phenoxy) is 2. The third kappa shape index (κ3) is 5.03. The van der Waals surface area contributed by atoms with Crippen LogP contribution in [0.2, 0.25) is 10.0 Å². The van der Waals surface area contributed by atoms with Gasteiger partial charge < -0.3 is 19.9 Å². The number of carbonyl (C=O) groups excluding carboxylic acids is 2.